The van der Waals surface area contributed by atoms with E-state index in [0.29, 0.717) is 31.5 Å². The number of amides is 2. The van der Waals surface area contributed by atoms with Crippen LogP contribution < -0.4 is 5.32 Å². The fourth-order valence-electron chi connectivity index (χ4n) is 3.69. The Bertz CT molecular complexity index is 617. The lowest BCUT2D eigenvalue weighted by Crippen LogP contribution is -2.60. The van der Waals surface area contributed by atoms with Crippen molar-refractivity contribution in [2.75, 3.05) is 13.1 Å². The van der Waals surface area contributed by atoms with Gasteiger partial charge in [0.25, 0.3) is 0 Å². The summed E-state index contributed by atoms with van der Waals surface area (Å²) in [6.07, 6.45) is 4.61. The van der Waals surface area contributed by atoms with Crippen molar-refractivity contribution in [1.29, 1.82) is 0 Å². The maximum atomic E-state index is 13.0. The van der Waals surface area contributed by atoms with Gasteiger partial charge in [0.15, 0.2) is 5.78 Å². The number of likely N-dealkylation sites (N-methyl/N-ethyl adjacent to an activating group) is 1. The van der Waals surface area contributed by atoms with E-state index in [1.165, 1.54) is 0 Å². The van der Waals surface area contributed by atoms with Gasteiger partial charge in [0, 0.05) is 31.5 Å². The van der Waals surface area contributed by atoms with Crippen molar-refractivity contribution in [3.8, 4) is 0 Å². The van der Waals surface area contributed by atoms with E-state index < -0.39 is 5.54 Å². The minimum atomic E-state index is -0.794. The highest BCUT2D eigenvalue weighted by atomic mass is 16.2. The third kappa shape index (κ3) is 4.93. The van der Waals surface area contributed by atoms with Crippen molar-refractivity contribution in [3.63, 3.8) is 0 Å². The summed E-state index contributed by atoms with van der Waals surface area (Å²) >= 11 is 0. The highest BCUT2D eigenvalue weighted by molar-refractivity contribution is 5.98. The van der Waals surface area contributed by atoms with Crippen LogP contribution in [0, 0.1) is 0 Å². The Labute approximate surface area is 156 Å². The topological polar surface area (TPSA) is 66.5 Å². The number of nitrogens with zero attached hydrogens (tertiary/aromatic N) is 1. The zero-order valence-corrected chi connectivity index (χ0v) is 15.9. The lowest BCUT2D eigenvalue weighted by Gasteiger charge is -2.40. The molecule has 2 rings (SSSR count). The highest BCUT2D eigenvalue weighted by Gasteiger charge is 2.42. The fourth-order valence-corrected chi connectivity index (χ4v) is 3.69. The first-order valence-electron chi connectivity index (χ1n) is 9.71. The van der Waals surface area contributed by atoms with E-state index >= 15 is 0 Å². The Kier molecular flexibility index (Phi) is 7.37. The molecule has 1 aromatic rings. The first-order chi connectivity index (χ1) is 12.5. The number of benzene rings is 1. The predicted molar refractivity (Wildman–Crippen MR) is 102 cm³/mol. The molecule has 2 amide bonds. The van der Waals surface area contributed by atoms with Gasteiger partial charge in [-0.1, -0.05) is 49.6 Å². The molecule has 5 nitrogen and oxygen atoms in total. The van der Waals surface area contributed by atoms with Crippen LogP contribution in [0.3, 0.4) is 0 Å². The van der Waals surface area contributed by atoms with Gasteiger partial charge in [0.05, 0.1) is 0 Å². The molecule has 1 saturated carbocycles. The SMILES string of the molecule is CCN(CC)C(=O)C1(NC(=O)CCC(=O)c2ccccc2)CCCCC1. The van der Waals surface area contributed by atoms with Gasteiger partial charge < -0.3 is 10.2 Å². The van der Waals surface area contributed by atoms with Gasteiger partial charge in [-0.25, -0.2) is 0 Å². The molecule has 0 aliphatic heterocycles. The van der Waals surface area contributed by atoms with Gasteiger partial charge in [-0.15, -0.1) is 0 Å². The summed E-state index contributed by atoms with van der Waals surface area (Å²) in [6.45, 7) is 5.19. The third-order valence-corrected chi connectivity index (χ3v) is 5.22. The molecule has 1 fully saturated rings. The summed E-state index contributed by atoms with van der Waals surface area (Å²) in [5, 5.41) is 3.01. The molecule has 5 heteroatoms. The van der Waals surface area contributed by atoms with Crippen molar-refractivity contribution in [3.05, 3.63) is 35.9 Å². The normalized spacial score (nSPS) is 15.9. The molecule has 0 saturated heterocycles. The van der Waals surface area contributed by atoms with Crippen LogP contribution >= 0.6 is 0 Å². The Morgan fingerprint density at radius 1 is 0.962 bits per heavy atom. The third-order valence-electron chi connectivity index (χ3n) is 5.22. The lowest BCUT2D eigenvalue weighted by molar-refractivity contribution is -0.143. The van der Waals surface area contributed by atoms with Gasteiger partial charge in [-0.3, -0.25) is 14.4 Å². The number of nitrogens with one attached hydrogen (secondary N) is 1. The Hall–Kier alpha value is -2.17. The monoisotopic (exact) mass is 358 g/mol. The number of ketones is 1. The van der Waals surface area contributed by atoms with E-state index in [1.807, 2.05) is 32.0 Å². The highest BCUT2D eigenvalue weighted by Crippen LogP contribution is 2.30. The molecule has 1 aliphatic rings. The quantitative estimate of drug-likeness (QED) is 0.725. The molecular formula is C21H30N2O3. The van der Waals surface area contributed by atoms with Crippen molar-refractivity contribution in [1.82, 2.24) is 10.2 Å². The minimum absolute atomic E-state index is 0.0185. The van der Waals surface area contributed by atoms with E-state index in [4.69, 9.17) is 0 Å². The van der Waals surface area contributed by atoms with Crippen LogP contribution in [-0.2, 0) is 9.59 Å². The zero-order valence-electron chi connectivity index (χ0n) is 15.9. The molecule has 0 aromatic heterocycles. The van der Waals surface area contributed by atoms with Crippen LogP contribution in [0.4, 0.5) is 0 Å². The summed E-state index contributed by atoms with van der Waals surface area (Å²) < 4.78 is 0. The maximum absolute atomic E-state index is 13.0. The van der Waals surface area contributed by atoms with Crippen LogP contribution in [0.5, 0.6) is 0 Å². The number of hydrogen-bond acceptors (Lipinski definition) is 3. The molecular weight excluding hydrogens is 328 g/mol. The number of carbonyl (C=O) groups is 3. The molecule has 26 heavy (non-hydrogen) atoms. The molecule has 1 N–H and O–H groups in total. The van der Waals surface area contributed by atoms with E-state index in [9.17, 15) is 14.4 Å². The first kappa shape index (κ1) is 20.1. The summed E-state index contributed by atoms with van der Waals surface area (Å²) in [5.74, 6) is -0.241. The van der Waals surface area contributed by atoms with Crippen LogP contribution in [0.15, 0.2) is 30.3 Å². The molecule has 0 spiro atoms. The Morgan fingerprint density at radius 2 is 1.58 bits per heavy atom. The van der Waals surface area contributed by atoms with Crippen LogP contribution in [0.2, 0.25) is 0 Å². The first-order valence-corrected chi connectivity index (χ1v) is 9.71. The maximum Gasteiger partial charge on any atom is 0.248 e. The zero-order chi connectivity index (χ0) is 19.0. The average molecular weight is 358 g/mol. The van der Waals surface area contributed by atoms with Gasteiger partial charge in [-0.2, -0.15) is 0 Å². The van der Waals surface area contributed by atoms with E-state index in [1.54, 1.807) is 17.0 Å². The second kappa shape index (κ2) is 9.51. The Morgan fingerprint density at radius 3 is 2.15 bits per heavy atom. The van der Waals surface area contributed by atoms with Gasteiger partial charge in [-0.05, 0) is 26.7 Å². The lowest BCUT2D eigenvalue weighted by atomic mass is 9.80. The number of rotatable bonds is 8. The summed E-state index contributed by atoms with van der Waals surface area (Å²) in [5.41, 5.74) is -0.177. The minimum Gasteiger partial charge on any atom is -0.342 e. The van der Waals surface area contributed by atoms with Crippen molar-refractivity contribution < 1.29 is 14.4 Å². The fraction of sp³-hybridized carbons (Fsp3) is 0.571. The summed E-state index contributed by atoms with van der Waals surface area (Å²) in [4.78, 5) is 39.5. The Balaban J connectivity index is 2.00. The van der Waals surface area contributed by atoms with E-state index in [0.717, 1.165) is 19.3 Å². The standard InChI is InChI=1S/C21H30N2O3/c1-3-23(4-2)20(26)21(15-9-6-10-16-21)22-19(25)14-13-18(24)17-11-7-5-8-12-17/h5,7-8,11-12H,3-4,6,9-10,13-16H2,1-2H3,(H,22,25). The van der Waals surface area contributed by atoms with Gasteiger partial charge >= 0.3 is 0 Å². The van der Waals surface area contributed by atoms with Crippen molar-refractivity contribution in [2.24, 2.45) is 0 Å². The second-order valence-corrected chi connectivity index (χ2v) is 6.96. The second-order valence-electron chi connectivity index (χ2n) is 6.96. The molecule has 1 aliphatic carbocycles. The van der Waals surface area contributed by atoms with Gasteiger partial charge in [0.1, 0.15) is 5.54 Å². The summed E-state index contributed by atoms with van der Waals surface area (Å²) in [7, 11) is 0. The molecule has 0 heterocycles. The molecule has 0 unspecified atom stereocenters. The predicted octanol–water partition coefficient (Wildman–Crippen LogP) is 3.34. The molecule has 142 valence electrons. The molecule has 1 aromatic carbocycles. The van der Waals surface area contributed by atoms with E-state index in [-0.39, 0.29) is 30.4 Å². The van der Waals surface area contributed by atoms with Crippen LogP contribution in [-0.4, -0.2) is 41.1 Å². The molecule has 0 radical (unpaired) electrons. The largest absolute Gasteiger partial charge is 0.342 e. The number of Topliss-reactive ketones (excluding diaryl/α,β-unsaturated/α-hetero) is 1. The smallest absolute Gasteiger partial charge is 0.248 e. The average Bonchev–Trinajstić information content (AvgIpc) is 2.68. The number of hydrogen-bond donors (Lipinski definition) is 1. The summed E-state index contributed by atoms with van der Waals surface area (Å²) in [6, 6.07) is 8.99. The molecule has 0 bridgehead atoms. The molecule has 0 atom stereocenters. The van der Waals surface area contributed by atoms with Crippen LogP contribution in [0.25, 0.3) is 0 Å². The van der Waals surface area contributed by atoms with Crippen molar-refractivity contribution in [2.45, 2.75) is 64.3 Å². The van der Waals surface area contributed by atoms with E-state index in [2.05, 4.69) is 5.32 Å². The van der Waals surface area contributed by atoms with Gasteiger partial charge in [0.2, 0.25) is 11.8 Å². The van der Waals surface area contributed by atoms with Crippen LogP contribution in [0.1, 0.15) is 69.2 Å². The van der Waals surface area contributed by atoms with Crippen molar-refractivity contribution >= 4 is 17.6 Å². The number of carbonyl (C=O) groups excluding carboxylic acids is 3.